The SMILES string of the molecule is CCOc1ccc(C(=O)NC2C3CNCC32)cc1.Cl. The summed E-state index contributed by atoms with van der Waals surface area (Å²) in [6, 6.07) is 7.69. The zero-order chi connectivity index (χ0) is 12.5. The number of fused-ring (bicyclic) bond motifs is 1. The van der Waals surface area contributed by atoms with E-state index in [1.54, 1.807) is 0 Å². The summed E-state index contributed by atoms with van der Waals surface area (Å²) in [5, 5.41) is 6.42. The van der Waals surface area contributed by atoms with Crippen molar-refractivity contribution in [3.05, 3.63) is 29.8 Å². The van der Waals surface area contributed by atoms with Crippen LogP contribution in [-0.2, 0) is 0 Å². The van der Waals surface area contributed by atoms with E-state index in [9.17, 15) is 4.79 Å². The molecule has 19 heavy (non-hydrogen) atoms. The predicted octanol–water partition coefficient (Wildman–Crippen LogP) is 1.45. The Bertz CT molecular complexity index is 439. The van der Waals surface area contributed by atoms with Crippen molar-refractivity contribution in [2.45, 2.75) is 13.0 Å². The molecule has 3 rings (SSSR count). The van der Waals surface area contributed by atoms with Crippen LogP contribution in [0.3, 0.4) is 0 Å². The molecule has 2 unspecified atom stereocenters. The Hall–Kier alpha value is -1.26. The van der Waals surface area contributed by atoms with E-state index in [0.717, 1.165) is 18.8 Å². The van der Waals surface area contributed by atoms with E-state index < -0.39 is 0 Å². The average Bonchev–Trinajstić information content (AvgIpc) is 2.84. The molecule has 2 aliphatic rings. The van der Waals surface area contributed by atoms with Crippen molar-refractivity contribution in [1.29, 1.82) is 0 Å². The molecule has 2 N–H and O–H groups in total. The van der Waals surface area contributed by atoms with Gasteiger partial charge in [0, 0.05) is 24.7 Å². The van der Waals surface area contributed by atoms with Crippen LogP contribution in [0.2, 0.25) is 0 Å². The maximum absolute atomic E-state index is 12.0. The molecule has 2 atom stereocenters. The molecule has 0 radical (unpaired) electrons. The quantitative estimate of drug-likeness (QED) is 0.879. The van der Waals surface area contributed by atoms with Gasteiger partial charge >= 0.3 is 0 Å². The first-order chi connectivity index (χ1) is 8.79. The van der Waals surface area contributed by atoms with Crippen LogP contribution >= 0.6 is 12.4 Å². The Morgan fingerprint density at radius 1 is 1.32 bits per heavy atom. The highest BCUT2D eigenvalue weighted by molar-refractivity contribution is 5.94. The highest BCUT2D eigenvalue weighted by Crippen LogP contribution is 2.41. The Labute approximate surface area is 119 Å². The van der Waals surface area contributed by atoms with Crippen LogP contribution in [0.4, 0.5) is 0 Å². The van der Waals surface area contributed by atoms with Crippen LogP contribution in [-0.4, -0.2) is 31.6 Å². The van der Waals surface area contributed by atoms with Gasteiger partial charge in [-0.1, -0.05) is 0 Å². The lowest BCUT2D eigenvalue weighted by Gasteiger charge is -2.08. The average molecular weight is 283 g/mol. The van der Waals surface area contributed by atoms with Crippen molar-refractivity contribution in [1.82, 2.24) is 10.6 Å². The van der Waals surface area contributed by atoms with Gasteiger partial charge in [0.15, 0.2) is 0 Å². The van der Waals surface area contributed by atoms with Gasteiger partial charge in [-0.25, -0.2) is 0 Å². The molecule has 104 valence electrons. The van der Waals surface area contributed by atoms with Gasteiger partial charge in [-0.2, -0.15) is 0 Å². The minimum Gasteiger partial charge on any atom is -0.494 e. The lowest BCUT2D eigenvalue weighted by Crippen LogP contribution is -2.32. The molecule has 1 amide bonds. The molecule has 0 spiro atoms. The number of ether oxygens (including phenoxy) is 1. The molecule has 1 heterocycles. The van der Waals surface area contributed by atoms with Gasteiger partial charge in [0.1, 0.15) is 5.75 Å². The molecule has 2 fully saturated rings. The summed E-state index contributed by atoms with van der Waals surface area (Å²) in [4.78, 5) is 12.0. The third-order valence-corrected chi connectivity index (χ3v) is 3.82. The number of benzene rings is 1. The zero-order valence-electron chi connectivity index (χ0n) is 10.9. The first kappa shape index (κ1) is 14.2. The minimum absolute atomic E-state index is 0. The molecule has 0 bridgehead atoms. The number of hydrogen-bond donors (Lipinski definition) is 2. The summed E-state index contributed by atoms with van der Waals surface area (Å²) in [6.07, 6.45) is 0. The number of carbonyl (C=O) groups excluding carboxylic acids is 1. The lowest BCUT2D eigenvalue weighted by molar-refractivity contribution is 0.0946. The molecule has 1 aliphatic carbocycles. The Kier molecular flexibility index (Phi) is 4.32. The predicted molar refractivity (Wildman–Crippen MR) is 76.0 cm³/mol. The second kappa shape index (κ2) is 5.80. The molecule has 5 heteroatoms. The number of piperidine rings is 1. The number of nitrogens with one attached hydrogen (secondary N) is 2. The van der Waals surface area contributed by atoms with E-state index in [1.165, 1.54) is 0 Å². The molecule has 1 saturated heterocycles. The van der Waals surface area contributed by atoms with E-state index >= 15 is 0 Å². The number of halogens is 1. The molecular weight excluding hydrogens is 264 g/mol. The van der Waals surface area contributed by atoms with Crippen molar-refractivity contribution in [2.75, 3.05) is 19.7 Å². The van der Waals surface area contributed by atoms with Crippen LogP contribution in [0.5, 0.6) is 5.75 Å². The van der Waals surface area contributed by atoms with Gasteiger partial charge < -0.3 is 15.4 Å². The Morgan fingerprint density at radius 2 is 1.95 bits per heavy atom. The first-order valence-electron chi connectivity index (χ1n) is 6.54. The molecule has 4 nitrogen and oxygen atoms in total. The van der Waals surface area contributed by atoms with E-state index in [1.807, 2.05) is 31.2 Å². The standard InChI is InChI=1S/C14H18N2O2.ClH/c1-2-18-10-5-3-9(4-6-10)14(17)16-13-11-7-15-8-12(11)13;/h3-6,11-13,15H,2,7-8H2,1H3,(H,16,17);1H. The highest BCUT2D eigenvalue weighted by atomic mass is 35.5. The lowest BCUT2D eigenvalue weighted by atomic mass is 10.2. The van der Waals surface area contributed by atoms with Gasteiger partial charge in [0.25, 0.3) is 5.91 Å². The summed E-state index contributed by atoms with van der Waals surface area (Å²) >= 11 is 0. The number of hydrogen-bond acceptors (Lipinski definition) is 3. The third kappa shape index (κ3) is 2.85. The largest absolute Gasteiger partial charge is 0.494 e. The molecule has 1 aliphatic heterocycles. The molecular formula is C14H19ClN2O2. The maximum Gasteiger partial charge on any atom is 0.251 e. The Morgan fingerprint density at radius 3 is 2.53 bits per heavy atom. The van der Waals surface area contributed by atoms with E-state index in [2.05, 4.69) is 10.6 Å². The first-order valence-corrected chi connectivity index (χ1v) is 6.54. The van der Waals surface area contributed by atoms with E-state index in [0.29, 0.717) is 30.0 Å². The van der Waals surface area contributed by atoms with Crippen LogP contribution in [0.25, 0.3) is 0 Å². The molecule has 1 aromatic carbocycles. The van der Waals surface area contributed by atoms with E-state index in [-0.39, 0.29) is 18.3 Å². The Balaban J connectivity index is 0.00000133. The van der Waals surface area contributed by atoms with Crippen LogP contribution in [0.15, 0.2) is 24.3 Å². The van der Waals surface area contributed by atoms with Gasteiger partial charge in [-0.15, -0.1) is 12.4 Å². The van der Waals surface area contributed by atoms with Gasteiger partial charge in [0.05, 0.1) is 6.61 Å². The van der Waals surface area contributed by atoms with Crippen LogP contribution in [0, 0.1) is 11.8 Å². The van der Waals surface area contributed by atoms with Crippen molar-refractivity contribution >= 4 is 18.3 Å². The van der Waals surface area contributed by atoms with E-state index in [4.69, 9.17) is 4.74 Å². The normalized spacial score (nSPS) is 27.1. The van der Waals surface area contributed by atoms with Crippen molar-refractivity contribution < 1.29 is 9.53 Å². The highest BCUT2D eigenvalue weighted by Gasteiger charge is 2.53. The summed E-state index contributed by atoms with van der Waals surface area (Å²) in [6.45, 7) is 4.67. The van der Waals surface area contributed by atoms with Gasteiger partial charge in [-0.05, 0) is 43.0 Å². The molecule has 1 saturated carbocycles. The second-order valence-corrected chi connectivity index (χ2v) is 4.94. The van der Waals surface area contributed by atoms with Crippen LogP contribution < -0.4 is 15.4 Å². The zero-order valence-corrected chi connectivity index (χ0v) is 11.7. The fraction of sp³-hybridized carbons (Fsp3) is 0.500. The topological polar surface area (TPSA) is 50.4 Å². The van der Waals surface area contributed by atoms with Gasteiger partial charge in [-0.3, -0.25) is 4.79 Å². The summed E-state index contributed by atoms with van der Waals surface area (Å²) < 4.78 is 5.35. The van der Waals surface area contributed by atoms with Gasteiger partial charge in [0.2, 0.25) is 0 Å². The monoisotopic (exact) mass is 282 g/mol. The summed E-state index contributed by atoms with van der Waals surface area (Å²) in [5.74, 6) is 2.13. The second-order valence-electron chi connectivity index (χ2n) is 4.94. The minimum atomic E-state index is 0. The van der Waals surface area contributed by atoms with Crippen molar-refractivity contribution in [3.8, 4) is 5.75 Å². The fourth-order valence-electron chi connectivity index (χ4n) is 2.74. The number of amides is 1. The molecule has 1 aromatic rings. The number of carbonyl (C=O) groups is 1. The smallest absolute Gasteiger partial charge is 0.251 e. The number of rotatable bonds is 4. The fourth-order valence-corrected chi connectivity index (χ4v) is 2.74. The van der Waals surface area contributed by atoms with Crippen LogP contribution in [0.1, 0.15) is 17.3 Å². The van der Waals surface area contributed by atoms with Crippen molar-refractivity contribution in [3.63, 3.8) is 0 Å². The molecule has 0 aromatic heterocycles. The summed E-state index contributed by atoms with van der Waals surface area (Å²) in [7, 11) is 0. The third-order valence-electron chi connectivity index (χ3n) is 3.82. The summed E-state index contributed by atoms with van der Waals surface area (Å²) in [5.41, 5.74) is 0.705. The maximum atomic E-state index is 12.0. The van der Waals surface area contributed by atoms with Crippen molar-refractivity contribution in [2.24, 2.45) is 11.8 Å².